The number of imide groups is 2. The first-order valence-electron chi connectivity index (χ1n) is 11.1. The van der Waals surface area contributed by atoms with Crippen LogP contribution < -0.4 is 24.4 Å². The van der Waals surface area contributed by atoms with Crippen molar-refractivity contribution in [2.45, 2.75) is 13.5 Å². The van der Waals surface area contributed by atoms with Gasteiger partial charge in [-0.15, -0.1) is 0 Å². The number of nitrogens with one attached hydrogen (secondary N) is 1. The molecule has 4 amide bonds. The molecule has 8 nitrogen and oxygen atoms in total. The van der Waals surface area contributed by atoms with Crippen molar-refractivity contribution in [3.8, 4) is 17.2 Å². The fourth-order valence-corrected chi connectivity index (χ4v) is 4.17. The van der Waals surface area contributed by atoms with E-state index >= 15 is 0 Å². The largest absolute Gasteiger partial charge is 0.497 e. The maximum Gasteiger partial charge on any atom is 0.335 e. The van der Waals surface area contributed by atoms with E-state index < -0.39 is 17.8 Å². The first-order chi connectivity index (χ1) is 17.4. The molecule has 1 aliphatic rings. The quantitative estimate of drug-likeness (QED) is 0.309. The summed E-state index contributed by atoms with van der Waals surface area (Å²) in [6.45, 7) is 2.56. The number of barbiturate groups is 1. The predicted molar refractivity (Wildman–Crippen MR) is 138 cm³/mol. The van der Waals surface area contributed by atoms with Crippen molar-refractivity contribution in [1.29, 1.82) is 0 Å². The highest BCUT2D eigenvalue weighted by Gasteiger charge is 2.36. The Kier molecular flexibility index (Phi) is 7.70. The number of hydrogen-bond donors (Lipinski definition) is 1. The van der Waals surface area contributed by atoms with Gasteiger partial charge in [0, 0.05) is 0 Å². The molecule has 3 aromatic carbocycles. The van der Waals surface area contributed by atoms with Gasteiger partial charge in [0.1, 0.15) is 17.9 Å². The number of carbonyl (C=O) groups is 3. The summed E-state index contributed by atoms with van der Waals surface area (Å²) in [4.78, 5) is 39.2. The topological polar surface area (TPSA) is 94.2 Å². The van der Waals surface area contributed by atoms with Crippen LogP contribution >= 0.6 is 15.9 Å². The minimum atomic E-state index is -0.826. The third-order valence-electron chi connectivity index (χ3n) is 5.30. The van der Waals surface area contributed by atoms with E-state index in [1.54, 1.807) is 36.4 Å². The SMILES string of the molecule is CCOc1cc(/C=C2\C(=O)NC(=O)N(c3ccc(OC)cc3)C2=O)cc(Br)c1OCc1ccccc1. The molecule has 9 heteroatoms. The molecular weight excluding hydrogens is 528 g/mol. The lowest BCUT2D eigenvalue weighted by molar-refractivity contribution is -0.122. The summed E-state index contributed by atoms with van der Waals surface area (Å²) >= 11 is 3.51. The van der Waals surface area contributed by atoms with Gasteiger partial charge in [-0.2, -0.15) is 0 Å². The minimum Gasteiger partial charge on any atom is -0.497 e. The van der Waals surface area contributed by atoms with E-state index in [9.17, 15) is 14.4 Å². The Morgan fingerprint density at radius 3 is 2.36 bits per heavy atom. The molecule has 3 aromatic rings. The van der Waals surface area contributed by atoms with Crippen LogP contribution in [0.25, 0.3) is 6.08 Å². The Morgan fingerprint density at radius 1 is 0.972 bits per heavy atom. The summed E-state index contributed by atoms with van der Waals surface area (Å²) in [5, 5.41) is 2.22. The van der Waals surface area contributed by atoms with Crippen LogP contribution in [0.3, 0.4) is 0 Å². The number of hydrogen-bond acceptors (Lipinski definition) is 6. The van der Waals surface area contributed by atoms with Crippen molar-refractivity contribution in [3.63, 3.8) is 0 Å². The Balaban J connectivity index is 1.65. The van der Waals surface area contributed by atoms with Crippen molar-refractivity contribution in [2.24, 2.45) is 0 Å². The lowest BCUT2D eigenvalue weighted by atomic mass is 10.1. The van der Waals surface area contributed by atoms with E-state index in [0.717, 1.165) is 10.5 Å². The second kappa shape index (κ2) is 11.1. The maximum absolute atomic E-state index is 13.2. The van der Waals surface area contributed by atoms with Crippen molar-refractivity contribution >= 4 is 45.5 Å². The molecule has 1 fully saturated rings. The van der Waals surface area contributed by atoms with Gasteiger partial charge in [-0.05, 0) is 76.5 Å². The molecule has 0 atom stereocenters. The zero-order valence-electron chi connectivity index (χ0n) is 19.6. The van der Waals surface area contributed by atoms with Gasteiger partial charge >= 0.3 is 6.03 Å². The number of methoxy groups -OCH3 is 1. The minimum absolute atomic E-state index is 0.197. The van der Waals surface area contributed by atoms with Crippen LogP contribution in [0.2, 0.25) is 0 Å². The molecule has 1 heterocycles. The van der Waals surface area contributed by atoms with Crippen LogP contribution in [0.1, 0.15) is 18.1 Å². The van der Waals surface area contributed by atoms with Crippen LogP contribution in [0.4, 0.5) is 10.5 Å². The average molecular weight is 551 g/mol. The lowest BCUT2D eigenvalue weighted by Crippen LogP contribution is -2.54. The number of amides is 4. The number of nitrogens with zero attached hydrogens (tertiary/aromatic N) is 1. The molecule has 0 aromatic heterocycles. The maximum atomic E-state index is 13.2. The number of benzene rings is 3. The predicted octanol–water partition coefficient (Wildman–Crippen LogP) is 5.10. The molecule has 36 heavy (non-hydrogen) atoms. The highest BCUT2D eigenvalue weighted by Crippen LogP contribution is 2.38. The van der Waals surface area contributed by atoms with Crippen LogP contribution in [0.5, 0.6) is 17.2 Å². The summed E-state index contributed by atoms with van der Waals surface area (Å²) in [5.41, 5.74) is 1.61. The zero-order chi connectivity index (χ0) is 25.7. The number of rotatable bonds is 8. The molecule has 0 radical (unpaired) electrons. The first kappa shape index (κ1) is 25.0. The van der Waals surface area contributed by atoms with E-state index in [2.05, 4.69) is 21.2 Å². The van der Waals surface area contributed by atoms with Crippen molar-refractivity contribution in [2.75, 3.05) is 18.6 Å². The monoisotopic (exact) mass is 550 g/mol. The second-order valence-corrected chi connectivity index (χ2v) is 8.55. The van der Waals surface area contributed by atoms with Gasteiger partial charge in [0.2, 0.25) is 0 Å². The number of urea groups is 1. The normalized spacial score (nSPS) is 14.6. The van der Waals surface area contributed by atoms with Crippen LogP contribution in [0, 0.1) is 0 Å². The fraction of sp³-hybridized carbons (Fsp3) is 0.148. The summed E-state index contributed by atoms with van der Waals surface area (Å²) in [7, 11) is 1.51. The highest BCUT2D eigenvalue weighted by molar-refractivity contribution is 9.10. The van der Waals surface area contributed by atoms with Crippen LogP contribution in [-0.4, -0.2) is 31.6 Å². The zero-order valence-corrected chi connectivity index (χ0v) is 21.2. The van der Waals surface area contributed by atoms with Gasteiger partial charge in [-0.1, -0.05) is 30.3 Å². The molecule has 0 bridgehead atoms. The van der Waals surface area contributed by atoms with Crippen molar-refractivity contribution in [1.82, 2.24) is 5.32 Å². The molecule has 4 rings (SSSR count). The lowest BCUT2D eigenvalue weighted by Gasteiger charge is -2.26. The molecule has 1 saturated heterocycles. The van der Waals surface area contributed by atoms with Crippen molar-refractivity contribution in [3.05, 3.63) is 87.9 Å². The molecular formula is C27H23BrN2O6. The van der Waals surface area contributed by atoms with Gasteiger partial charge in [0.05, 0.1) is 23.9 Å². The van der Waals surface area contributed by atoms with Gasteiger partial charge in [-0.25, -0.2) is 9.69 Å². The Morgan fingerprint density at radius 2 is 1.69 bits per heavy atom. The molecule has 184 valence electrons. The van der Waals surface area contributed by atoms with E-state index in [4.69, 9.17) is 14.2 Å². The number of ether oxygens (including phenoxy) is 3. The second-order valence-electron chi connectivity index (χ2n) is 7.69. The van der Waals surface area contributed by atoms with Crippen molar-refractivity contribution < 1.29 is 28.6 Å². The van der Waals surface area contributed by atoms with Crippen LogP contribution in [0.15, 0.2) is 76.8 Å². The molecule has 0 spiro atoms. The summed E-state index contributed by atoms with van der Waals surface area (Å²) < 4.78 is 17.5. The van der Waals surface area contributed by atoms with E-state index in [1.165, 1.54) is 13.2 Å². The molecule has 0 aliphatic carbocycles. The molecule has 1 N–H and O–H groups in total. The van der Waals surface area contributed by atoms with E-state index in [0.29, 0.717) is 46.2 Å². The van der Waals surface area contributed by atoms with E-state index in [-0.39, 0.29) is 5.57 Å². The number of halogens is 1. The van der Waals surface area contributed by atoms with Gasteiger partial charge in [-0.3, -0.25) is 14.9 Å². The Hall–Kier alpha value is -4.11. The molecule has 0 saturated carbocycles. The van der Waals surface area contributed by atoms with Gasteiger partial charge in [0.15, 0.2) is 11.5 Å². The summed E-state index contributed by atoms with van der Waals surface area (Å²) in [6, 6.07) is 18.6. The van der Waals surface area contributed by atoms with Crippen LogP contribution in [-0.2, 0) is 16.2 Å². The van der Waals surface area contributed by atoms with Gasteiger partial charge in [0.25, 0.3) is 11.8 Å². The average Bonchev–Trinajstić information content (AvgIpc) is 2.87. The van der Waals surface area contributed by atoms with Gasteiger partial charge < -0.3 is 14.2 Å². The van der Waals surface area contributed by atoms with E-state index in [1.807, 2.05) is 37.3 Å². The molecule has 0 unspecified atom stereocenters. The standard InChI is InChI=1S/C27H23BrN2O6/c1-3-35-23-15-18(14-22(28)24(23)36-16-17-7-5-4-6-8-17)13-21-25(31)29-27(33)30(26(21)32)19-9-11-20(34-2)12-10-19/h4-15H,3,16H2,1-2H3,(H,29,31,33)/b21-13+. The molecule has 1 aliphatic heterocycles. The third-order valence-corrected chi connectivity index (χ3v) is 5.89. The Labute approximate surface area is 216 Å². The summed E-state index contributed by atoms with van der Waals surface area (Å²) in [5.74, 6) is -0.0160. The third kappa shape index (κ3) is 5.41. The first-order valence-corrected chi connectivity index (χ1v) is 11.9. The fourth-order valence-electron chi connectivity index (χ4n) is 3.59. The number of anilines is 1. The Bertz CT molecular complexity index is 1320. The highest BCUT2D eigenvalue weighted by atomic mass is 79.9. The number of carbonyl (C=O) groups excluding carboxylic acids is 3. The smallest absolute Gasteiger partial charge is 0.335 e. The summed E-state index contributed by atoms with van der Waals surface area (Å²) in [6.07, 6.45) is 1.41.